The Balaban J connectivity index is 2.22. The summed E-state index contributed by atoms with van der Waals surface area (Å²) in [5.74, 6) is 0.143. The van der Waals surface area contributed by atoms with Crippen LogP contribution in [0.5, 0.6) is 5.75 Å². The van der Waals surface area contributed by atoms with Gasteiger partial charge in [0.1, 0.15) is 5.75 Å². The maximum atomic E-state index is 9.83. The monoisotopic (exact) mass is 446 g/mol. The largest absolute Gasteiger partial charge is 0.506 e. The van der Waals surface area contributed by atoms with Gasteiger partial charge in [0.05, 0.1) is 20.8 Å². The molecular weight excluding hydrogens is 440 g/mol. The van der Waals surface area contributed by atoms with Gasteiger partial charge in [-0.25, -0.2) is 0 Å². The van der Waals surface area contributed by atoms with Crippen molar-refractivity contribution in [3.63, 3.8) is 0 Å². The molecule has 0 unspecified atom stereocenters. The molecule has 0 radical (unpaired) electrons. The fraction of sp³-hybridized carbons (Fsp3) is 0. The number of para-hydroxylation sites is 1. The molecule has 2 aromatic carbocycles. The third-order valence-corrected chi connectivity index (χ3v) is 4.41. The van der Waals surface area contributed by atoms with Crippen LogP contribution in [-0.4, -0.2) is 11.3 Å². The number of nitrogens with one attached hydrogen (secondary N) is 1. The highest BCUT2D eigenvalue weighted by Gasteiger charge is 2.11. The predicted octanol–water partition coefficient (Wildman–Crippen LogP) is 5.13. The molecule has 98 valence electrons. The average Bonchev–Trinajstić information content (AvgIpc) is 2.41. The summed E-state index contributed by atoms with van der Waals surface area (Å²) in [4.78, 5) is 0. The topological polar surface area (TPSA) is 44.6 Å². The number of phenolic OH excluding ortho intramolecular Hbond substituents is 1. The molecule has 0 heterocycles. The number of rotatable bonds is 3. The van der Waals surface area contributed by atoms with Crippen LogP contribution in [-0.2, 0) is 0 Å². The quantitative estimate of drug-likeness (QED) is 0.505. The summed E-state index contributed by atoms with van der Waals surface area (Å²) >= 11 is 10.0. The van der Waals surface area contributed by atoms with Crippen molar-refractivity contribution < 1.29 is 5.11 Å². The van der Waals surface area contributed by atoms with Crippen LogP contribution in [0.4, 0.5) is 5.69 Å². The summed E-state index contributed by atoms with van der Waals surface area (Å²) in [5, 5.41) is 14.0. The number of aromatic hydroxyl groups is 1. The highest BCUT2D eigenvalue weighted by molar-refractivity contribution is 9.11. The van der Waals surface area contributed by atoms with Gasteiger partial charge >= 0.3 is 0 Å². The minimum atomic E-state index is 0.143. The lowest BCUT2D eigenvalue weighted by Crippen LogP contribution is -1.93. The Hall–Kier alpha value is -0.850. The normalized spacial score (nSPS) is 10.9. The molecule has 2 aromatic rings. The second kappa shape index (κ2) is 6.54. The van der Waals surface area contributed by atoms with E-state index in [0.29, 0.717) is 8.95 Å². The van der Waals surface area contributed by atoms with Gasteiger partial charge in [-0.15, -0.1) is 0 Å². The summed E-state index contributed by atoms with van der Waals surface area (Å²) < 4.78 is 2.01. The van der Waals surface area contributed by atoms with Crippen molar-refractivity contribution >= 4 is 59.7 Å². The minimum Gasteiger partial charge on any atom is -0.506 e. The van der Waals surface area contributed by atoms with Crippen molar-refractivity contribution in [3.05, 3.63) is 55.4 Å². The molecule has 6 heteroatoms. The molecule has 0 aliphatic heterocycles. The van der Waals surface area contributed by atoms with Gasteiger partial charge in [0.25, 0.3) is 0 Å². The first-order valence-corrected chi connectivity index (χ1v) is 7.68. The van der Waals surface area contributed by atoms with E-state index in [9.17, 15) is 5.11 Å². The van der Waals surface area contributed by atoms with Gasteiger partial charge in [0.2, 0.25) is 0 Å². The summed E-state index contributed by atoms with van der Waals surface area (Å²) in [6.45, 7) is 0. The van der Waals surface area contributed by atoms with Crippen LogP contribution >= 0.6 is 47.8 Å². The Labute approximate surface area is 136 Å². The van der Waals surface area contributed by atoms with E-state index in [0.717, 1.165) is 15.7 Å². The first kappa shape index (κ1) is 14.6. The van der Waals surface area contributed by atoms with Gasteiger partial charge in [0.15, 0.2) is 0 Å². The second-order valence-electron chi connectivity index (χ2n) is 3.65. The van der Waals surface area contributed by atoms with Crippen LogP contribution in [0.25, 0.3) is 0 Å². The van der Waals surface area contributed by atoms with Crippen LogP contribution in [0, 0.1) is 0 Å². The van der Waals surface area contributed by atoms with Crippen molar-refractivity contribution in [1.82, 2.24) is 0 Å². The first-order valence-electron chi connectivity index (χ1n) is 5.30. The highest BCUT2D eigenvalue weighted by Crippen LogP contribution is 2.38. The zero-order chi connectivity index (χ0) is 13.8. The number of anilines is 1. The Morgan fingerprint density at radius 1 is 1.05 bits per heavy atom. The molecule has 0 aliphatic rings. The number of nitrogens with zero attached hydrogens (tertiary/aromatic N) is 1. The molecule has 0 fully saturated rings. The van der Waals surface area contributed by atoms with Crippen LogP contribution in [0.1, 0.15) is 5.56 Å². The van der Waals surface area contributed by atoms with E-state index in [1.54, 1.807) is 12.3 Å². The summed E-state index contributed by atoms with van der Waals surface area (Å²) in [6, 6.07) is 11.4. The highest BCUT2D eigenvalue weighted by atomic mass is 79.9. The molecule has 0 bridgehead atoms. The summed E-state index contributed by atoms with van der Waals surface area (Å²) in [7, 11) is 0. The molecular formula is C13H9Br3N2O. The molecule has 0 saturated carbocycles. The average molecular weight is 449 g/mol. The first-order chi connectivity index (χ1) is 9.09. The summed E-state index contributed by atoms with van der Waals surface area (Å²) in [6.07, 6.45) is 1.63. The zero-order valence-electron chi connectivity index (χ0n) is 9.57. The fourth-order valence-electron chi connectivity index (χ4n) is 1.40. The molecule has 0 aliphatic carbocycles. The lowest BCUT2D eigenvalue weighted by atomic mass is 10.2. The van der Waals surface area contributed by atoms with E-state index in [-0.39, 0.29) is 5.75 Å². The van der Waals surface area contributed by atoms with Gasteiger partial charge in [-0.3, -0.25) is 5.43 Å². The molecule has 0 amide bonds. The number of halogens is 3. The molecule has 2 rings (SSSR count). The van der Waals surface area contributed by atoms with Gasteiger partial charge < -0.3 is 5.11 Å². The van der Waals surface area contributed by atoms with Gasteiger partial charge in [-0.2, -0.15) is 5.10 Å². The lowest BCUT2D eigenvalue weighted by molar-refractivity contribution is 0.468. The Kier molecular flexibility index (Phi) is 5.01. The van der Waals surface area contributed by atoms with E-state index in [1.165, 1.54) is 0 Å². The van der Waals surface area contributed by atoms with E-state index in [2.05, 4.69) is 58.3 Å². The third kappa shape index (κ3) is 3.58. The number of phenols is 1. The van der Waals surface area contributed by atoms with Crippen LogP contribution in [0.15, 0.2) is 54.9 Å². The van der Waals surface area contributed by atoms with Crippen molar-refractivity contribution in [3.8, 4) is 5.75 Å². The summed E-state index contributed by atoms with van der Waals surface area (Å²) in [5.41, 5.74) is 4.57. The van der Waals surface area contributed by atoms with Gasteiger partial charge in [-0.1, -0.05) is 34.1 Å². The SMILES string of the molecule is Oc1c(Br)cc(Br)c(C=NNc2ccccc2)c1Br. The second-order valence-corrected chi connectivity index (χ2v) is 6.15. The van der Waals surface area contributed by atoms with Crippen molar-refractivity contribution in [2.45, 2.75) is 0 Å². The predicted molar refractivity (Wildman–Crippen MR) is 88.9 cm³/mol. The molecule has 0 saturated heterocycles. The third-order valence-electron chi connectivity index (χ3n) is 2.34. The van der Waals surface area contributed by atoms with E-state index < -0.39 is 0 Å². The van der Waals surface area contributed by atoms with E-state index in [1.807, 2.05) is 30.3 Å². The molecule has 2 N–H and O–H groups in total. The van der Waals surface area contributed by atoms with Crippen molar-refractivity contribution in [2.75, 3.05) is 5.43 Å². The Bertz CT molecular complexity index is 615. The van der Waals surface area contributed by atoms with Crippen LogP contribution in [0.2, 0.25) is 0 Å². The van der Waals surface area contributed by atoms with Crippen molar-refractivity contribution in [1.29, 1.82) is 0 Å². The van der Waals surface area contributed by atoms with E-state index >= 15 is 0 Å². The standard InChI is InChI=1S/C13H9Br3N2O/c14-10-6-11(15)13(19)12(16)9(10)7-17-18-8-4-2-1-3-5-8/h1-7,18-19H. The maximum absolute atomic E-state index is 9.83. The van der Waals surface area contributed by atoms with E-state index in [4.69, 9.17) is 0 Å². The molecule has 0 aromatic heterocycles. The number of hydrogen-bond acceptors (Lipinski definition) is 3. The Morgan fingerprint density at radius 3 is 2.42 bits per heavy atom. The Morgan fingerprint density at radius 2 is 1.74 bits per heavy atom. The minimum absolute atomic E-state index is 0.143. The van der Waals surface area contributed by atoms with Gasteiger partial charge in [0, 0.05) is 10.0 Å². The molecule has 0 spiro atoms. The van der Waals surface area contributed by atoms with Crippen molar-refractivity contribution in [2.24, 2.45) is 5.10 Å². The number of benzene rings is 2. The zero-order valence-corrected chi connectivity index (χ0v) is 14.3. The van der Waals surface area contributed by atoms with Crippen LogP contribution < -0.4 is 5.43 Å². The molecule has 19 heavy (non-hydrogen) atoms. The maximum Gasteiger partial charge on any atom is 0.144 e. The lowest BCUT2D eigenvalue weighted by Gasteiger charge is -2.07. The molecule has 0 atom stereocenters. The number of hydrazone groups is 1. The van der Waals surface area contributed by atoms with Gasteiger partial charge in [-0.05, 0) is 50.1 Å². The fourth-order valence-corrected chi connectivity index (χ4v) is 3.72. The smallest absolute Gasteiger partial charge is 0.144 e. The molecule has 3 nitrogen and oxygen atoms in total. The number of hydrogen-bond donors (Lipinski definition) is 2. The van der Waals surface area contributed by atoms with Crippen LogP contribution in [0.3, 0.4) is 0 Å².